The van der Waals surface area contributed by atoms with E-state index in [9.17, 15) is 4.79 Å². The molecule has 0 saturated carbocycles. The zero-order valence-electron chi connectivity index (χ0n) is 11.9. The molecule has 2 aliphatic rings. The summed E-state index contributed by atoms with van der Waals surface area (Å²) in [5.41, 5.74) is 10.8. The standard InChI is InChI=1S/C14H28N4O/c15-13(14(16)19)5-10-17-8-3-12(4-9-17)11-18-6-1-2-7-18/h12-13H,1-11,15H2,(H2,16,19). The first-order valence-electron chi connectivity index (χ1n) is 7.65. The lowest BCUT2D eigenvalue weighted by molar-refractivity contribution is -0.119. The van der Waals surface area contributed by atoms with Gasteiger partial charge in [0.2, 0.25) is 5.91 Å². The van der Waals surface area contributed by atoms with Crippen molar-refractivity contribution in [3.8, 4) is 0 Å². The lowest BCUT2D eigenvalue weighted by Gasteiger charge is -2.34. The number of nitrogens with zero attached hydrogens (tertiary/aromatic N) is 2. The largest absolute Gasteiger partial charge is 0.368 e. The van der Waals surface area contributed by atoms with Crippen LogP contribution in [-0.2, 0) is 4.79 Å². The molecule has 2 fully saturated rings. The average molecular weight is 268 g/mol. The Labute approximate surface area is 116 Å². The molecule has 2 rings (SSSR count). The van der Waals surface area contributed by atoms with E-state index >= 15 is 0 Å². The van der Waals surface area contributed by atoms with Crippen LogP contribution in [0.25, 0.3) is 0 Å². The summed E-state index contributed by atoms with van der Waals surface area (Å²) >= 11 is 0. The fourth-order valence-electron chi connectivity index (χ4n) is 3.19. The molecule has 0 radical (unpaired) electrons. The van der Waals surface area contributed by atoms with E-state index in [0.29, 0.717) is 6.42 Å². The van der Waals surface area contributed by atoms with Crippen LogP contribution in [0.3, 0.4) is 0 Å². The maximum Gasteiger partial charge on any atom is 0.234 e. The summed E-state index contributed by atoms with van der Waals surface area (Å²) in [5.74, 6) is 0.475. The van der Waals surface area contributed by atoms with Gasteiger partial charge in [-0.3, -0.25) is 4.79 Å². The molecule has 110 valence electrons. The fraction of sp³-hybridized carbons (Fsp3) is 0.929. The zero-order chi connectivity index (χ0) is 13.7. The molecule has 0 spiro atoms. The minimum Gasteiger partial charge on any atom is -0.368 e. The van der Waals surface area contributed by atoms with Crippen LogP contribution in [0, 0.1) is 5.92 Å². The van der Waals surface area contributed by atoms with Gasteiger partial charge in [0.15, 0.2) is 0 Å². The normalized spacial score (nSPS) is 24.7. The number of carbonyl (C=O) groups excluding carboxylic acids is 1. The number of amides is 1. The molecule has 1 atom stereocenters. The van der Waals surface area contributed by atoms with E-state index in [2.05, 4.69) is 9.80 Å². The van der Waals surface area contributed by atoms with Gasteiger partial charge >= 0.3 is 0 Å². The van der Waals surface area contributed by atoms with Gasteiger partial charge in [-0.05, 0) is 64.2 Å². The number of primary amides is 1. The second-order valence-corrected chi connectivity index (χ2v) is 6.09. The van der Waals surface area contributed by atoms with Crippen LogP contribution in [0.2, 0.25) is 0 Å². The molecule has 19 heavy (non-hydrogen) atoms. The van der Waals surface area contributed by atoms with E-state index in [4.69, 9.17) is 11.5 Å². The smallest absolute Gasteiger partial charge is 0.234 e. The summed E-state index contributed by atoms with van der Waals surface area (Å²) in [4.78, 5) is 15.9. The van der Waals surface area contributed by atoms with Gasteiger partial charge in [0.25, 0.3) is 0 Å². The number of nitrogens with two attached hydrogens (primary N) is 2. The minimum atomic E-state index is -0.484. The fourth-order valence-corrected chi connectivity index (χ4v) is 3.19. The Bertz CT molecular complexity index is 283. The third kappa shape index (κ3) is 4.75. The molecule has 0 aliphatic carbocycles. The van der Waals surface area contributed by atoms with Crippen molar-refractivity contribution in [3.63, 3.8) is 0 Å². The van der Waals surface area contributed by atoms with Gasteiger partial charge in [-0.15, -0.1) is 0 Å². The Morgan fingerprint density at radius 1 is 1.11 bits per heavy atom. The number of likely N-dealkylation sites (tertiary alicyclic amines) is 2. The van der Waals surface area contributed by atoms with Crippen molar-refractivity contribution in [1.82, 2.24) is 9.80 Å². The highest BCUT2D eigenvalue weighted by Gasteiger charge is 2.23. The van der Waals surface area contributed by atoms with Gasteiger partial charge in [-0.2, -0.15) is 0 Å². The summed E-state index contributed by atoms with van der Waals surface area (Å²) in [5, 5.41) is 0. The number of piperidine rings is 1. The predicted molar refractivity (Wildman–Crippen MR) is 76.6 cm³/mol. The maximum atomic E-state index is 10.9. The monoisotopic (exact) mass is 268 g/mol. The lowest BCUT2D eigenvalue weighted by Crippen LogP contribution is -2.42. The molecule has 0 aromatic heterocycles. The van der Waals surface area contributed by atoms with Crippen LogP contribution in [0.1, 0.15) is 32.1 Å². The van der Waals surface area contributed by atoms with Crippen molar-refractivity contribution in [1.29, 1.82) is 0 Å². The van der Waals surface area contributed by atoms with Gasteiger partial charge in [0, 0.05) is 13.1 Å². The molecule has 0 aromatic carbocycles. The Kier molecular flexibility index (Phi) is 5.60. The van der Waals surface area contributed by atoms with Crippen LogP contribution in [0.5, 0.6) is 0 Å². The van der Waals surface area contributed by atoms with E-state index in [-0.39, 0.29) is 5.91 Å². The van der Waals surface area contributed by atoms with Gasteiger partial charge in [-0.25, -0.2) is 0 Å². The molecular formula is C14H28N4O. The zero-order valence-corrected chi connectivity index (χ0v) is 11.9. The second kappa shape index (κ2) is 7.22. The molecule has 4 N–H and O–H groups in total. The van der Waals surface area contributed by atoms with Crippen molar-refractivity contribution < 1.29 is 4.79 Å². The molecular weight excluding hydrogens is 240 g/mol. The van der Waals surface area contributed by atoms with Crippen LogP contribution in [0.15, 0.2) is 0 Å². The van der Waals surface area contributed by atoms with E-state index in [1.807, 2.05) is 0 Å². The van der Waals surface area contributed by atoms with Gasteiger partial charge < -0.3 is 21.3 Å². The molecule has 1 amide bonds. The molecule has 5 nitrogen and oxygen atoms in total. The van der Waals surface area contributed by atoms with Crippen molar-refractivity contribution in [2.75, 3.05) is 39.3 Å². The molecule has 5 heteroatoms. The molecule has 0 aromatic rings. The van der Waals surface area contributed by atoms with E-state index in [1.165, 1.54) is 45.3 Å². The third-order valence-corrected chi connectivity index (χ3v) is 4.54. The Morgan fingerprint density at radius 3 is 2.32 bits per heavy atom. The molecule has 2 aliphatic heterocycles. The summed E-state index contributed by atoms with van der Waals surface area (Å²) in [7, 11) is 0. The summed E-state index contributed by atoms with van der Waals surface area (Å²) < 4.78 is 0. The lowest BCUT2D eigenvalue weighted by atomic mass is 9.96. The van der Waals surface area contributed by atoms with Crippen LogP contribution in [-0.4, -0.2) is 61.0 Å². The van der Waals surface area contributed by atoms with E-state index in [1.54, 1.807) is 0 Å². The molecule has 0 bridgehead atoms. The van der Waals surface area contributed by atoms with Gasteiger partial charge in [0.1, 0.15) is 0 Å². The topological polar surface area (TPSA) is 75.6 Å². The SMILES string of the molecule is NC(=O)C(N)CCN1CCC(CN2CCCC2)CC1. The first-order valence-corrected chi connectivity index (χ1v) is 7.65. The van der Waals surface area contributed by atoms with Crippen molar-refractivity contribution in [3.05, 3.63) is 0 Å². The van der Waals surface area contributed by atoms with Gasteiger partial charge in [0.05, 0.1) is 6.04 Å². The van der Waals surface area contributed by atoms with Crippen molar-refractivity contribution in [2.45, 2.75) is 38.1 Å². The summed E-state index contributed by atoms with van der Waals surface area (Å²) in [6.07, 6.45) is 6.00. The predicted octanol–water partition coefficient (Wildman–Crippen LogP) is -0.00310. The highest BCUT2D eigenvalue weighted by atomic mass is 16.1. The molecule has 1 unspecified atom stereocenters. The average Bonchev–Trinajstić information content (AvgIpc) is 2.90. The molecule has 2 saturated heterocycles. The summed E-state index contributed by atoms with van der Waals surface area (Å²) in [6.45, 7) is 7.07. The highest BCUT2D eigenvalue weighted by molar-refractivity contribution is 5.79. The highest BCUT2D eigenvalue weighted by Crippen LogP contribution is 2.20. The van der Waals surface area contributed by atoms with Crippen LogP contribution >= 0.6 is 0 Å². The third-order valence-electron chi connectivity index (χ3n) is 4.54. The van der Waals surface area contributed by atoms with Gasteiger partial charge in [-0.1, -0.05) is 0 Å². The molecule has 2 heterocycles. The van der Waals surface area contributed by atoms with Crippen molar-refractivity contribution in [2.24, 2.45) is 17.4 Å². The van der Waals surface area contributed by atoms with Crippen LogP contribution < -0.4 is 11.5 Å². The number of carbonyl (C=O) groups is 1. The Balaban J connectivity index is 1.60. The quantitative estimate of drug-likeness (QED) is 0.711. The Morgan fingerprint density at radius 2 is 1.74 bits per heavy atom. The van der Waals surface area contributed by atoms with E-state index in [0.717, 1.165) is 25.6 Å². The number of rotatable bonds is 6. The summed E-state index contributed by atoms with van der Waals surface area (Å²) in [6, 6.07) is -0.484. The van der Waals surface area contributed by atoms with Crippen LogP contribution in [0.4, 0.5) is 0 Å². The second-order valence-electron chi connectivity index (χ2n) is 6.09. The van der Waals surface area contributed by atoms with E-state index < -0.39 is 6.04 Å². The number of hydrogen-bond donors (Lipinski definition) is 2. The Hall–Kier alpha value is -0.650. The van der Waals surface area contributed by atoms with Crippen molar-refractivity contribution >= 4 is 5.91 Å². The minimum absolute atomic E-state index is 0.385. The maximum absolute atomic E-state index is 10.9. The first kappa shape index (κ1) is 14.8. The first-order chi connectivity index (χ1) is 9.15. The number of hydrogen-bond acceptors (Lipinski definition) is 4.